The minimum atomic E-state index is -0.139. The molecule has 0 bridgehead atoms. The fourth-order valence-electron chi connectivity index (χ4n) is 3.11. The second kappa shape index (κ2) is 6.20. The summed E-state index contributed by atoms with van der Waals surface area (Å²) in [7, 11) is 0. The third-order valence-electron chi connectivity index (χ3n) is 4.50. The highest BCUT2D eigenvalue weighted by molar-refractivity contribution is 5.76. The summed E-state index contributed by atoms with van der Waals surface area (Å²) in [6.07, 6.45) is 5.01. The normalized spacial score (nSPS) is 25.8. The monoisotopic (exact) mass is 305 g/mol. The molecular formula is C16H23N3O3. The molecule has 6 nitrogen and oxygen atoms in total. The molecule has 1 aliphatic heterocycles. The third kappa shape index (κ3) is 3.21. The number of ether oxygens (including phenoxy) is 1. The van der Waals surface area contributed by atoms with Gasteiger partial charge >= 0.3 is 0 Å². The number of nitrogens with zero attached hydrogens (tertiary/aromatic N) is 3. The van der Waals surface area contributed by atoms with E-state index in [1.165, 1.54) is 17.3 Å². The van der Waals surface area contributed by atoms with Gasteiger partial charge in [-0.15, -0.1) is 0 Å². The summed E-state index contributed by atoms with van der Waals surface area (Å²) in [4.78, 5) is 30.7. The smallest absolute Gasteiger partial charge is 0.254 e. The minimum Gasteiger partial charge on any atom is -0.372 e. The first-order chi connectivity index (χ1) is 10.5. The molecule has 6 heteroatoms. The fraction of sp³-hybridized carbons (Fsp3) is 0.688. The van der Waals surface area contributed by atoms with Crippen molar-refractivity contribution in [2.45, 2.75) is 57.8 Å². The molecular weight excluding hydrogens is 282 g/mol. The molecule has 1 aliphatic carbocycles. The number of hydrogen-bond donors (Lipinski definition) is 0. The van der Waals surface area contributed by atoms with E-state index in [0.717, 1.165) is 18.5 Å². The Kier molecular flexibility index (Phi) is 4.29. The van der Waals surface area contributed by atoms with Gasteiger partial charge in [-0.25, -0.2) is 4.98 Å². The van der Waals surface area contributed by atoms with Crippen LogP contribution in [-0.4, -0.2) is 45.7 Å². The van der Waals surface area contributed by atoms with Gasteiger partial charge in [-0.1, -0.05) is 6.42 Å². The fourth-order valence-corrected chi connectivity index (χ4v) is 3.11. The number of hydrogen-bond acceptors (Lipinski definition) is 4. The summed E-state index contributed by atoms with van der Waals surface area (Å²) >= 11 is 0. The number of rotatable bonds is 3. The Bertz CT molecular complexity index is 599. The highest BCUT2D eigenvalue weighted by Crippen LogP contribution is 2.34. The van der Waals surface area contributed by atoms with E-state index in [1.807, 2.05) is 13.8 Å². The molecule has 2 aliphatic rings. The summed E-state index contributed by atoms with van der Waals surface area (Å²) < 4.78 is 7.02. The van der Waals surface area contributed by atoms with Gasteiger partial charge in [0, 0.05) is 25.1 Å². The minimum absolute atomic E-state index is 0.0311. The molecule has 0 N–H and O–H groups in total. The second-order valence-corrected chi connectivity index (χ2v) is 6.46. The van der Waals surface area contributed by atoms with Crippen LogP contribution in [0.5, 0.6) is 0 Å². The number of morpholine rings is 1. The highest BCUT2D eigenvalue weighted by Gasteiger charge is 2.26. The first-order valence-corrected chi connectivity index (χ1v) is 8.02. The molecule has 0 aromatic carbocycles. The Labute approximate surface area is 130 Å². The van der Waals surface area contributed by atoms with E-state index in [0.29, 0.717) is 19.0 Å². The number of carbonyl (C=O) groups excluding carboxylic acids is 1. The Morgan fingerprint density at radius 3 is 2.55 bits per heavy atom. The van der Waals surface area contributed by atoms with Gasteiger partial charge in [-0.3, -0.25) is 14.2 Å². The van der Waals surface area contributed by atoms with Crippen LogP contribution in [0.25, 0.3) is 0 Å². The predicted octanol–water partition coefficient (Wildman–Crippen LogP) is 1.15. The average molecular weight is 305 g/mol. The quantitative estimate of drug-likeness (QED) is 0.840. The van der Waals surface area contributed by atoms with Crippen LogP contribution in [0.3, 0.4) is 0 Å². The molecule has 1 saturated carbocycles. The molecule has 0 spiro atoms. The summed E-state index contributed by atoms with van der Waals surface area (Å²) in [5.41, 5.74) is 0.730. The largest absolute Gasteiger partial charge is 0.372 e. The summed E-state index contributed by atoms with van der Waals surface area (Å²) in [5.74, 6) is 0.376. The Balaban J connectivity index is 1.67. The van der Waals surface area contributed by atoms with E-state index in [2.05, 4.69) is 4.98 Å². The zero-order valence-corrected chi connectivity index (χ0v) is 13.2. The maximum Gasteiger partial charge on any atom is 0.254 e. The van der Waals surface area contributed by atoms with Crippen molar-refractivity contribution in [2.75, 3.05) is 13.1 Å². The molecule has 1 aromatic heterocycles. The molecule has 120 valence electrons. The van der Waals surface area contributed by atoms with E-state index >= 15 is 0 Å². The van der Waals surface area contributed by atoms with Gasteiger partial charge < -0.3 is 9.64 Å². The summed E-state index contributed by atoms with van der Waals surface area (Å²) in [6.45, 7) is 5.11. The van der Waals surface area contributed by atoms with Crippen molar-refractivity contribution in [3.8, 4) is 0 Å². The average Bonchev–Trinajstić information content (AvgIpc) is 2.38. The van der Waals surface area contributed by atoms with Crippen LogP contribution in [0.2, 0.25) is 0 Å². The van der Waals surface area contributed by atoms with Crippen molar-refractivity contribution < 1.29 is 9.53 Å². The topological polar surface area (TPSA) is 64.4 Å². The highest BCUT2D eigenvalue weighted by atomic mass is 16.5. The van der Waals surface area contributed by atoms with Crippen molar-refractivity contribution in [3.05, 3.63) is 28.4 Å². The molecule has 22 heavy (non-hydrogen) atoms. The lowest BCUT2D eigenvalue weighted by Crippen LogP contribution is -2.49. The third-order valence-corrected chi connectivity index (χ3v) is 4.50. The van der Waals surface area contributed by atoms with Gasteiger partial charge in [0.1, 0.15) is 6.54 Å². The van der Waals surface area contributed by atoms with Crippen LogP contribution in [0.1, 0.15) is 44.7 Å². The van der Waals surface area contributed by atoms with Gasteiger partial charge in [-0.05, 0) is 26.7 Å². The van der Waals surface area contributed by atoms with Crippen molar-refractivity contribution in [3.63, 3.8) is 0 Å². The Morgan fingerprint density at radius 1 is 1.32 bits per heavy atom. The summed E-state index contributed by atoms with van der Waals surface area (Å²) in [6, 6.07) is 1.58. The molecule has 1 amide bonds. The first-order valence-electron chi connectivity index (χ1n) is 8.02. The van der Waals surface area contributed by atoms with Crippen LogP contribution in [-0.2, 0) is 16.1 Å². The first kappa shape index (κ1) is 15.2. The van der Waals surface area contributed by atoms with Crippen LogP contribution in [0.15, 0.2) is 17.2 Å². The van der Waals surface area contributed by atoms with E-state index in [-0.39, 0.29) is 30.2 Å². The molecule has 2 unspecified atom stereocenters. The second-order valence-electron chi connectivity index (χ2n) is 6.46. The van der Waals surface area contributed by atoms with Crippen molar-refractivity contribution >= 4 is 5.91 Å². The van der Waals surface area contributed by atoms with Gasteiger partial charge in [0.2, 0.25) is 5.91 Å². The lowest BCUT2D eigenvalue weighted by atomic mass is 9.83. The van der Waals surface area contributed by atoms with Crippen LogP contribution in [0, 0.1) is 0 Å². The zero-order valence-electron chi connectivity index (χ0n) is 13.2. The Morgan fingerprint density at radius 2 is 2.00 bits per heavy atom. The zero-order chi connectivity index (χ0) is 15.7. The number of carbonyl (C=O) groups is 1. The van der Waals surface area contributed by atoms with Gasteiger partial charge in [-0.2, -0.15) is 0 Å². The van der Waals surface area contributed by atoms with Crippen LogP contribution >= 0.6 is 0 Å². The Hall–Kier alpha value is -1.69. The molecule has 2 atom stereocenters. The standard InChI is InChI=1S/C16H23N3O3/c1-11-7-18(8-12(2)22-11)16(21)9-19-10-17-14(6-15(19)20)13-4-3-5-13/h6,10-13H,3-5,7-9H2,1-2H3. The van der Waals surface area contributed by atoms with Gasteiger partial charge in [0.25, 0.3) is 5.56 Å². The van der Waals surface area contributed by atoms with Gasteiger partial charge in [0.15, 0.2) is 0 Å². The SMILES string of the molecule is CC1CN(C(=O)Cn2cnc(C3CCC3)cc2=O)CC(C)O1. The lowest BCUT2D eigenvalue weighted by Gasteiger charge is -2.35. The van der Waals surface area contributed by atoms with E-state index in [9.17, 15) is 9.59 Å². The summed E-state index contributed by atoms with van der Waals surface area (Å²) in [5, 5.41) is 0. The molecule has 1 saturated heterocycles. The molecule has 2 fully saturated rings. The maximum atomic E-state index is 12.4. The molecule has 0 radical (unpaired) electrons. The number of amides is 1. The maximum absolute atomic E-state index is 12.4. The molecule has 1 aromatic rings. The number of aromatic nitrogens is 2. The molecule has 3 rings (SSSR count). The van der Waals surface area contributed by atoms with Crippen LogP contribution in [0.4, 0.5) is 0 Å². The lowest BCUT2D eigenvalue weighted by molar-refractivity contribution is -0.143. The van der Waals surface area contributed by atoms with E-state index in [1.54, 1.807) is 11.0 Å². The van der Waals surface area contributed by atoms with E-state index < -0.39 is 0 Å². The predicted molar refractivity (Wildman–Crippen MR) is 81.7 cm³/mol. The van der Waals surface area contributed by atoms with Crippen molar-refractivity contribution in [2.24, 2.45) is 0 Å². The van der Waals surface area contributed by atoms with Gasteiger partial charge in [0.05, 0.1) is 24.2 Å². The van der Waals surface area contributed by atoms with Crippen molar-refractivity contribution in [1.82, 2.24) is 14.5 Å². The van der Waals surface area contributed by atoms with Crippen LogP contribution < -0.4 is 5.56 Å². The molecule has 2 heterocycles. The van der Waals surface area contributed by atoms with E-state index in [4.69, 9.17) is 4.74 Å². The van der Waals surface area contributed by atoms with Crippen molar-refractivity contribution in [1.29, 1.82) is 0 Å².